The van der Waals surface area contributed by atoms with Gasteiger partial charge < -0.3 is 15.2 Å². The van der Waals surface area contributed by atoms with Gasteiger partial charge in [-0.1, -0.05) is 0 Å². The van der Waals surface area contributed by atoms with E-state index in [9.17, 15) is 9.59 Å². The van der Waals surface area contributed by atoms with Gasteiger partial charge >= 0.3 is 5.97 Å². The molecule has 1 saturated heterocycles. The normalized spacial score (nSPS) is 17.6. The molecule has 20 heavy (non-hydrogen) atoms. The molecule has 2 rings (SSSR count). The molecule has 0 unspecified atom stereocenters. The topological polar surface area (TPSA) is 75.6 Å². The molecule has 6 heteroatoms. The Morgan fingerprint density at radius 2 is 2.10 bits per heavy atom. The summed E-state index contributed by atoms with van der Waals surface area (Å²) in [6.07, 6.45) is 1.36. The fourth-order valence-electron chi connectivity index (χ4n) is 2.48. The molecule has 2 heterocycles. The smallest absolute Gasteiger partial charge is 0.305 e. The number of thiophene rings is 1. The molecule has 1 amide bonds. The number of rotatable bonds is 5. The molecule has 1 aromatic heterocycles. The fraction of sp³-hybridized carbons (Fsp3) is 0.571. The number of nitrogens with one attached hydrogen (secondary N) is 1. The van der Waals surface area contributed by atoms with Crippen LogP contribution in [-0.4, -0.2) is 35.7 Å². The van der Waals surface area contributed by atoms with E-state index >= 15 is 0 Å². The van der Waals surface area contributed by atoms with Crippen LogP contribution in [0.25, 0.3) is 0 Å². The Hall–Kier alpha value is -1.40. The Balaban J connectivity index is 1.99. The molecule has 0 radical (unpaired) electrons. The SMILES string of the molecule is Cc1ccc(CC(=O)NC2(CC(=O)O)CCOCC2)s1. The monoisotopic (exact) mass is 297 g/mol. The maximum Gasteiger partial charge on any atom is 0.305 e. The van der Waals surface area contributed by atoms with E-state index in [1.54, 1.807) is 11.3 Å². The van der Waals surface area contributed by atoms with Crippen molar-refractivity contribution in [2.75, 3.05) is 13.2 Å². The molecule has 110 valence electrons. The first kappa shape index (κ1) is 15.0. The predicted molar refractivity (Wildman–Crippen MR) is 75.9 cm³/mol. The van der Waals surface area contributed by atoms with E-state index < -0.39 is 11.5 Å². The van der Waals surface area contributed by atoms with Gasteiger partial charge in [-0.15, -0.1) is 11.3 Å². The van der Waals surface area contributed by atoms with Crippen molar-refractivity contribution in [1.29, 1.82) is 0 Å². The molecule has 0 atom stereocenters. The molecular formula is C14H19NO4S. The highest BCUT2D eigenvalue weighted by molar-refractivity contribution is 7.12. The first-order valence-electron chi connectivity index (χ1n) is 6.65. The van der Waals surface area contributed by atoms with Crippen LogP contribution in [0, 0.1) is 6.92 Å². The summed E-state index contributed by atoms with van der Waals surface area (Å²) in [5.41, 5.74) is -0.659. The van der Waals surface area contributed by atoms with Crippen molar-refractivity contribution in [3.05, 3.63) is 21.9 Å². The molecule has 0 saturated carbocycles. The van der Waals surface area contributed by atoms with Crippen molar-refractivity contribution in [2.45, 2.75) is 38.1 Å². The van der Waals surface area contributed by atoms with Gasteiger partial charge in [0.25, 0.3) is 0 Å². The Bertz CT molecular complexity index is 491. The van der Waals surface area contributed by atoms with Crippen LogP contribution in [0.3, 0.4) is 0 Å². The third-order valence-electron chi connectivity index (χ3n) is 3.47. The standard InChI is InChI=1S/C14H19NO4S/c1-10-2-3-11(20-10)8-12(16)15-14(9-13(17)18)4-6-19-7-5-14/h2-3H,4-9H2,1H3,(H,15,16)(H,17,18). The van der Waals surface area contributed by atoms with Gasteiger partial charge in [-0.3, -0.25) is 9.59 Å². The second-order valence-corrected chi connectivity index (χ2v) is 6.57. The highest BCUT2D eigenvalue weighted by atomic mass is 32.1. The third kappa shape index (κ3) is 4.05. The summed E-state index contributed by atoms with van der Waals surface area (Å²) >= 11 is 1.59. The van der Waals surface area contributed by atoms with Crippen LogP contribution in [0.15, 0.2) is 12.1 Å². The summed E-state index contributed by atoms with van der Waals surface area (Å²) in [6.45, 7) is 2.98. The number of aryl methyl sites for hydroxylation is 1. The Morgan fingerprint density at radius 3 is 2.65 bits per heavy atom. The van der Waals surface area contributed by atoms with Crippen molar-refractivity contribution < 1.29 is 19.4 Å². The van der Waals surface area contributed by atoms with Gasteiger partial charge in [-0.25, -0.2) is 0 Å². The van der Waals surface area contributed by atoms with E-state index in [1.807, 2.05) is 19.1 Å². The number of carbonyl (C=O) groups excluding carboxylic acids is 1. The highest BCUT2D eigenvalue weighted by Gasteiger charge is 2.36. The van der Waals surface area contributed by atoms with Crippen LogP contribution in [0.5, 0.6) is 0 Å². The number of carboxylic acid groups (broad SMARTS) is 1. The van der Waals surface area contributed by atoms with Crippen LogP contribution in [0.1, 0.15) is 29.0 Å². The Morgan fingerprint density at radius 1 is 1.40 bits per heavy atom. The van der Waals surface area contributed by atoms with Crippen molar-refractivity contribution in [2.24, 2.45) is 0 Å². The van der Waals surface area contributed by atoms with E-state index in [-0.39, 0.29) is 12.3 Å². The second-order valence-electron chi connectivity index (χ2n) is 5.20. The number of ether oxygens (including phenoxy) is 1. The first-order valence-corrected chi connectivity index (χ1v) is 7.47. The molecule has 0 spiro atoms. The van der Waals surface area contributed by atoms with Crippen LogP contribution in [0.2, 0.25) is 0 Å². The van der Waals surface area contributed by atoms with Gasteiger partial charge in [0.15, 0.2) is 0 Å². The minimum atomic E-state index is -0.890. The number of carboxylic acids is 1. The summed E-state index contributed by atoms with van der Waals surface area (Å²) < 4.78 is 5.27. The molecule has 0 aliphatic carbocycles. The molecule has 2 N–H and O–H groups in total. The number of hydrogen-bond donors (Lipinski definition) is 2. The average Bonchev–Trinajstić information content (AvgIpc) is 2.74. The van der Waals surface area contributed by atoms with Crippen molar-refractivity contribution >= 4 is 23.2 Å². The lowest BCUT2D eigenvalue weighted by Crippen LogP contribution is -2.53. The molecule has 1 fully saturated rings. The quantitative estimate of drug-likeness (QED) is 0.868. The summed E-state index contributed by atoms with van der Waals surface area (Å²) in [4.78, 5) is 25.3. The van der Waals surface area contributed by atoms with E-state index in [4.69, 9.17) is 9.84 Å². The zero-order valence-corrected chi connectivity index (χ0v) is 12.3. The lowest BCUT2D eigenvalue weighted by Gasteiger charge is -2.36. The maximum absolute atomic E-state index is 12.1. The van der Waals surface area contributed by atoms with E-state index in [2.05, 4.69) is 5.32 Å². The summed E-state index contributed by atoms with van der Waals surface area (Å²) in [7, 11) is 0. The maximum atomic E-state index is 12.1. The zero-order valence-electron chi connectivity index (χ0n) is 11.5. The Labute approximate surface area is 121 Å². The van der Waals surface area contributed by atoms with Crippen molar-refractivity contribution in [3.8, 4) is 0 Å². The average molecular weight is 297 g/mol. The van der Waals surface area contributed by atoms with Gasteiger partial charge in [0.1, 0.15) is 0 Å². The number of carbonyl (C=O) groups is 2. The molecule has 5 nitrogen and oxygen atoms in total. The lowest BCUT2D eigenvalue weighted by atomic mass is 9.86. The molecule has 1 aromatic rings. The molecular weight excluding hydrogens is 278 g/mol. The highest BCUT2D eigenvalue weighted by Crippen LogP contribution is 2.25. The first-order chi connectivity index (χ1) is 9.49. The molecule has 0 aromatic carbocycles. The van der Waals surface area contributed by atoms with Gasteiger partial charge in [0.05, 0.1) is 18.4 Å². The molecule has 1 aliphatic rings. The predicted octanol–water partition coefficient (Wildman–Crippen LogP) is 1.74. The van der Waals surface area contributed by atoms with Crippen molar-refractivity contribution in [3.63, 3.8) is 0 Å². The third-order valence-corrected chi connectivity index (χ3v) is 4.48. The van der Waals surface area contributed by atoms with Gasteiger partial charge in [-0.2, -0.15) is 0 Å². The lowest BCUT2D eigenvalue weighted by molar-refractivity contribution is -0.140. The fourth-order valence-corrected chi connectivity index (χ4v) is 3.36. The van der Waals surface area contributed by atoms with Gasteiger partial charge in [0, 0.05) is 23.0 Å². The van der Waals surface area contributed by atoms with Crippen LogP contribution >= 0.6 is 11.3 Å². The van der Waals surface area contributed by atoms with Crippen LogP contribution < -0.4 is 5.32 Å². The van der Waals surface area contributed by atoms with E-state index in [0.29, 0.717) is 32.5 Å². The van der Waals surface area contributed by atoms with E-state index in [0.717, 1.165) is 4.88 Å². The van der Waals surface area contributed by atoms with E-state index in [1.165, 1.54) is 4.88 Å². The Kier molecular flexibility index (Phi) is 4.77. The van der Waals surface area contributed by atoms with Crippen LogP contribution in [0.4, 0.5) is 0 Å². The largest absolute Gasteiger partial charge is 0.481 e. The zero-order chi connectivity index (χ0) is 14.6. The minimum Gasteiger partial charge on any atom is -0.481 e. The summed E-state index contributed by atoms with van der Waals surface area (Å²) in [5, 5.41) is 12.0. The number of aliphatic carboxylic acids is 1. The second kappa shape index (κ2) is 6.37. The minimum absolute atomic E-state index is 0.0500. The van der Waals surface area contributed by atoms with Gasteiger partial charge in [-0.05, 0) is 31.9 Å². The van der Waals surface area contributed by atoms with Crippen molar-refractivity contribution in [1.82, 2.24) is 5.32 Å². The summed E-state index contributed by atoms with van der Waals surface area (Å²) in [5.74, 6) is -1.01. The van der Waals surface area contributed by atoms with Crippen LogP contribution in [-0.2, 0) is 20.7 Å². The van der Waals surface area contributed by atoms with Gasteiger partial charge in [0.2, 0.25) is 5.91 Å². The molecule has 0 bridgehead atoms. The molecule has 1 aliphatic heterocycles. The number of amides is 1. The summed E-state index contributed by atoms with van der Waals surface area (Å²) in [6, 6.07) is 3.92. The number of hydrogen-bond acceptors (Lipinski definition) is 4.